The van der Waals surface area contributed by atoms with E-state index in [1.165, 1.54) is 23.8 Å². The Morgan fingerprint density at radius 1 is 1.06 bits per heavy atom. The van der Waals surface area contributed by atoms with E-state index in [0.717, 1.165) is 24.7 Å². The minimum Gasteiger partial charge on any atom is -0.361 e. The molecule has 3 rings (SSSR count). The summed E-state index contributed by atoms with van der Waals surface area (Å²) in [6, 6.07) is 1.07. The molecule has 0 unspecified atom stereocenters. The van der Waals surface area contributed by atoms with Gasteiger partial charge in [0, 0.05) is 33.7 Å². The SMILES string of the molecule is CCCn1c(=O)c2c(nc(C3CCCCC3)n2COCC[Si](C)(C)C)n(CCCN)c1=O. The third kappa shape index (κ3) is 5.61. The summed E-state index contributed by atoms with van der Waals surface area (Å²) in [6.07, 6.45) is 7.09. The number of nitrogens with zero attached hydrogens (tertiary/aromatic N) is 4. The van der Waals surface area contributed by atoms with E-state index in [1.54, 1.807) is 4.57 Å². The van der Waals surface area contributed by atoms with Crippen molar-refractivity contribution in [2.75, 3.05) is 13.2 Å². The molecule has 9 heteroatoms. The third-order valence-electron chi connectivity index (χ3n) is 6.36. The highest BCUT2D eigenvalue weighted by Gasteiger charge is 2.27. The lowest BCUT2D eigenvalue weighted by Gasteiger charge is -2.22. The summed E-state index contributed by atoms with van der Waals surface area (Å²) in [5.74, 6) is 1.20. The van der Waals surface area contributed by atoms with Gasteiger partial charge >= 0.3 is 5.69 Å². The molecule has 0 aromatic carbocycles. The van der Waals surface area contributed by atoms with Crippen LogP contribution in [-0.4, -0.2) is 39.9 Å². The average molecular weight is 464 g/mol. The summed E-state index contributed by atoms with van der Waals surface area (Å²) in [7, 11) is -1.21. The lowest BCUT2D eigenvalue weighted by atomic mass is 9.89. The number of imidazole rings is 1. The maximum Gasteiger partial charge on any atom is 0.332 e. The summed E-state index contributed by atoms with van der Waals surface area (Å²) in [5, 5.41) is 0. The predicted molar refractivity (Wildman–Crippen MR) is 132 cm³/mol. The minimum absolute atomic E-state index is 0.251. The Kier molecular flexibility index (Phi) is 8.52. The Morgan fingerprint density at radius 3 is 2.41 bits per heavy atom. The highest BCUT2D eigenvalue weighted by atomic mass is 28.3. The molecule has 1 saturated carbocycles. The summed E-state index contributed by atoms with van der Waals surface area (Å²) in [6.45, 7) is 11.3. The van der Waals surface area contributed by atoms with Gasteiger partial charge in [-0.05, 0) is 38.3 Å². The van der Waals surface area contributed by atoms with Gasteiger partial charge in [0.1, 0.15) is 12.6 Å². The van der Waals surface area contributed by atoms with Crippen LogP contribution in [-0.2, 0) is 24.6 Å². The van der Waals surface area contributed by atoms with Gasteiger partial charge in [0.15, 0.2) is 11.2 Å². The van der Waals surface area contributed by atoms with Crippen molar-refractivity contribution in [2.45, 2.75) is 103 Å². The van der Waals surface area contributed by atoms with Crippen LogP contribution in [0.2, 0.25) is 25.7 Å². The van der Waals surface area contributed by atoms with E-state index in [1.807, 2.05) is 11.5 Å². The maximum absolute atomic E-state index is 13.5. The van der Waals surface area contributed by atoms with Crippen LogP contribution in [0.4, 0.5) is 0 Å². The van der Waals surface area contributed by atoms with Crippen molar-refractivity contribution >= 4 is 19.2 Å². The van der Waals surface area contributed by atoms with Crippen molar-refractivity contribution < 1.29 is 4.74 Å². The van der Waals surface area contributed by atoms with Crippen LogP contribution < -0.4 is 17.0 Å². The largest absolute Gasteiger partial charge is 0.361 e. The van der Waals surface area contributed by atoms with E-state index in [2.05, 4.69) is 19.6 Å². The Bertz CT molecular complexity index is 1010. The second-order valence-electron chi connectivity index (χ2n) is 10.3. The van der Waals surface area contributed by atoms with Crippen molar-refractivity contribution in [3.05, 3.63) is 26.7 Å². The molecule has 1 fully saturated rings. The molecular formula is C23H41N5O3Si. The van der Waals surface area contributed by atoms with Gasteiger partial charge < -0.3 is 10.5 Å². The quantitative estimate of drug-likeness (QED) is 0.406. The first-order chi connectivity index (χ1) is 15.3. The molecule has 2 aromatic heterocycles. The van der Waals surface area contributed by atoms with Gasteiger partial charge in [-0.1, -0.05) is 45.8 Å². The highest BCUT2D eigenvalue weighted by molar-refractivity contribution is 6.76. The number of aromatic nitrogens is 4. The van der Waals surface area contributed by atoms with E-state index in [-0.39, 0.29) is 11.2 Å². The summed E-state index contributed by atoms with van der Waals surface area (Å²) < 4.78 is 11.1. The molecule has 2 aromatic rings. The van der Waals surface area contributed by atoms with E-state index in [4.69, 9.17) is 15.5 Å². The Hall–Kier alpha value is -1.71. The van der Waals surface area contributed by atoms with Crippen molar-refractivity contribution in [1.82, 2.24) is 18.7 Å². The van der Waals surface area contributed by atoms with Crippen LogP contribution in [0.25, 0.3) is 11.2 Å². The number of aryl methyl sites for hydroxylation is 1. The van der Waals surface area contributed by atoms with Crippen LogP contribution >= 0.6 is 0 Å². The zero-order valence-corrected chi connectivity index (χ0v) is 21.4. The first-order valence-corrected chi connectivity index (χ1v) is 16.0. The molecule has 0 radical (unpaired) electrons. The van der Waals surface area contributed by atoms with Crippen molar-refractivity contribution in [1.29, 1.82) is 0 Å². The fourth-order valence-corrected chi connectivity index (χ4v) is 5.27. The first-order valence-electron chi connectivity index (χ1n) is 12.3. The molecule has 0 spiro atoms. The van der Waals surface area contributed by atoms with Crippen LogP contribution in [0, 0.1) is 0 Å². The molecule has 1 aliphatic rings. The molecule has 32 heavy (non-hydrogen) atoms. The first kappa shape index (κ1) is 24.9. The normalized spacial score (nSPS) is 15.7. The van der Waals surface area contributed by atoms with Crippen molar-refractivity contribution in [3.63, 3.8) is 0 Å². The van der Waals surface area contributed by atoms with Crippen molar-refractivity contribution in [2.24, 2.45) is 5.73 Å². The molecule has 0 amide bonds. The maximum atomic E-state index is 13.5. The van der Waals surface area contributed by atoms with Gasteiger partial charge in [-0.3, -0.25) is 18.5 Å². The predicted octanol–water partition coefficient (Wildman–Crippen LogP) is 3.48. The van der Waals surface area contributed by atoms with Gasteiger partial charge in [0.05, 0.1) is 0 Å². The van der Waals surface area contributed by atoms with Crippen molar-refractivity contribution in [3.8, 4) is 0 Å². The molecule has 2 N–H and O–H groups in total. The van der Waals surface area contributed by atoms with Gasteiger partial charge in [-0.25, -0.2) is 9.78 Å². The smallest absolute Gasteiger partial charge is 0.332 e. The van der Waals surface area contributed by atoms with E-state index in [9.17, 15) is 9.59 Å². The number of hydrogen-bond donors (Lipinski definition) is 1. The zero-order chi connectivity index (χ0) is 23.3. The monoisotopic (exact) mass is 463 g/mol. The van der Waals surface area contributed by atoms with Crippen LogP contribution in [0.1, 0.15) is 63.6 Å². The Balaban J connectivity index is 2.13. The fraction of sp³-hybridized carbons (Fsp3) is 0.783. The molecular weight excluding hydrogens is 422 g/mol. The summed E-state index contributed by atoms with van der Waals surface area (Å²) in [4.78, 5) is 31.6. The van der Waals surface area contributed by atoms with Gasteiger partial charge in [-0.2, -0.15) is 0 Å². The molecule has 2 heterocycles. The van der Waals surface area contributed by atoms with E-state index < -0.39 is 8.07 Å². The lowest BCUT2D eigenvalue weighted by molar-refractivity contribution is 0.0863. The molecule has 0 atom stereocenters. The molecule has 180 valence electrons. The fourth-order valence-electron chi connectivity index (χ4n) is 4.52. The van der Waals surface area contributed by atoms with Crippen LogP contribution in [0.5, 0.6) is 0 Å². The molecule has 1 aliphatic carbocycles. The van der Waals surface area contributed by atoms with E-state index in [0.29, 0.717) is 62.9 Å². The third-order valence-corrected chi connectivity index (χ3v) is 8.07. The van der Waals surface area contributed by atoms with Crippen LogP contribution in [0.3, 0.4) is 0 Å². The number of ether oxygens (including phenoxy) is 1. The number of hydrogen-bond acceptors (Lipinski definition) is 5. The second kappa shape index (κ2) is 10.9. The van der Waals surface area contributed by atoms with E-state index >= 15 is 0 Å². The molecule has 8 nitrogen and oxygen atoms in total. The summed E-state index contributed by atoms with van der Waals surface area (Å²) >= 11 is 0. The van der Waals surface area contributed by atoms with Gasteiger partial charge in [-0.15, -0.1) is 0 Å². The minimum atomic E-state index is -1.21. The lowest BCUT2D eigenvalue weighted by Crippen LogP contribution is -2.41. The number of fused-ring (bicyclic) bond motifs is 1. The topological polar surface area (TPSA) is 97.1 Å². The summed E-state index contributed by atoms with van der Waals surface area (Å²) in [5.41, 5.74) is 6.21. The highest BCUT2D eigenvalue weighted by Crippen LogP contribution is 2.33. The Morgan fingerprint density at radius 2 is 1.78 bits per heavy atom. The van der Waals surface area contributed by atoms with Crippen LogP contribution in [0.15, 0.2) is 9.59 Å². The number of nitrogens with two attached hydrogens (primary N) is 1. The second-order valence-corrected chi connectivity index (χ2v) is 15.9. The van der Waals surface area contributed by atoms with Gasteiger partial charge in [0.2, 0.25) is 0 Å². The van der Waals surface area contributed by atoms with Gasteiger partial charge in [0.25, 0.3) is 5.56 Å². The average Bonchev–Trinajstić information content (AvgIpc) is 3.13. The zero-order valence-electron chi connectivity index (χ0n) is 20.4. The molecule has 0 bridgehead atoms. The Labute approximate surface area is 191 Å². The standard InChI is InChI=1S/C23H41N5O3Si/c1-5-13-27-22(29)19-21(26(23(27)30)14-9-12-24)25-20(18-10-7-6-8-11-18)28(19)17-31-15-16-32(2,3)4/h18H,5-17,24H2,1-4H3. The molecule has 0 aliphatic heterocycles. The number of rotatable bonds is 11. The molecule has 0 saturated heterocycles.